The van der Waals surface area contributed by atoms with Crippen LogP contribution in [-0.2, 0) is 0 Å². The van der Waals surface area contributed by atoms with E-state index in [0.29, 0.717) is 5.82 Å². The molecule has 5 heteroatoms. The summed E-state index contributed by atoms with van der Waals surface area (Å²) in [6.07, 6.45) is 1.60. The Bertz CT molecular complexity index is 521. The normalized spacial score (nSPS) is 10.1. The Kier molecular flexibility index (Phi) is 2.68. The van der Waals surface area contributed by atoms with E-state index in [0.717, 1.165) is 5.56 Å². The summed E-state index contributed by atoms with van der Waals surface area (Å²) in [6, 6.07) is 5.51. The van der Waals surface area contributed by atoms with Crippen LogP contribution in [0.4, 0.5) is 10.2 Å². The number of aryl methyl sites for hydroxylation is 1. The number of carbonyl (C=O) groups excluding carboxylic acids is 1. The van der Waals surface area contributed by atoms with Gasteiger partial charge in [0.1, 0.15) is 11.6 Å². The molecule has 0 fully saturated rings. The summed E-state index contributed by atoms with van der Waals surface area (Å²) >= 11 is 0. The average molecular weight is 219 g/mol. The molecule has 4 nitrogen and oxygen atoms in total. The zero-order valence-electron chi connectivity index (χ0n) is 8.62. The van der Waals surface area contributed by atoms with E-state index in [2.05, 4.69) is 15.5 Å². The van der Waals surface area contributed by atoms with Crippen LogP contribution in [0.2, 0.25) is 0 Å². The van der Waals surface area contributed by atoms with Gasteiger partial charge in [0.05, 0.1) is 6.20 Å². The minimum atomic E-state index is -0.436. The number of nitrogens with zero attached hydrogens (tertiary/aromatic N) is 1. The average Bonchev–Trinajstić information content (AvgIpc) is 2.64. The van der Waals surface area contributed by atoms with Crippen LogP contribution in [0.25, 0.3) is 0 Å². The summed E-state index contributed by atoms with van der Waals surface area (Å²) in [5, 5.41) is 9.03. The molecule has 1 aromatic heterocycles. The molecule has 0 aliphatic carbocycles. The first kappa shape index (κ1) is 10.4. The molecule has 1 amide bonds. The third kappa shape index (κ3) is 2.08. The van der Waals surface area contributed by atoms with Crippen molar-refractivity contribution in [2.45, 2.75) is 6.92 Å². The van der Waals surface area contributed by atoms with Crippen molar-refractivity contribution in [2.24, 2.45) is 0 Å². The highest BCUT2D eigenvalue weighted by Crippen LogP contribution is 2.11. The van der Waals surface area contributed by atoms with Gasteiger partial charge in [-0.1, -0.05) is 6.07 Å². The number of amides is 1. The van der Waals surface area contributed by atoms with E-state index in [4.69, 9.17) is 0 Å². The minimum absolute atomic E-state index is 0.272. The maximum Gasteiger partial charge on any atom is 0.256 e. The smallest absolute Gasteiger partial charge is 0.256 e. The first-order valence-corrected chi connectivity index (χ1v) is 4.73. The Morgan fingerprint density at radius 1 is 1.50 bits per heavy atom. The van der Waals surface area contributed by atoms with Crippen molar-refractivity contribution in [3.8, 4) is 0 Å². The second kappa shape index (κ2) is 4.14. The topological polar surface area (TPSA) is 57.8 Å². The molecule has 0 saturated heterocycles. The molecule has 2 aromatic rings. The van der Waals surface area contributed by atoms with Crippen LogP contribution in [-0.4, -0.2) is 16.1 Å². The molecule has 2 N–H and O–H groups in total. The summed E-state index contributed by atoms with van der Waals surface area (Å²) in [5.41, 5.74) is 1.10. The van der Waals surface area contributed by atoms with Gasteiger partial charge in [0.2, 0.25) is 0 Å². The largest absolute Gasteiger partial charge is 0.307 e. The van der Waals surface area contributed by atoms with E-state index in [9.17, 15) is 9.18 Å². The molecule has 0 aliphatic rings. The van der Waals surface area contributed by atoms with E-state index in [1.54, 1.807) is 12.3 Å². The second-order valence-corrected chi connectivity index (χ2v) is 3.39. The van der Waals surface area contributed by atoms with Crippen molar-refractivity contribution in [3.05, 3.63) is 47.4 Å². The summed E-state index contributed by atoms with van der Waals surface area (Å²) in [5.74, 6) is -0.282. The number of anilines is 1. The van der Waals surface area contributed by atoms with E-state index in [-0.39, 0.29) is 11.5 Å². The summed E-state index contributed by atoms with van der Waals surface area (Å²) < 4.78 is 12.9. The van der Waals surface area contributed by atoms with Crippen LogP contribution in [0, 0.1) is 12.7 Å². The number of benzene rings is 1. The second-order valence-electron chi connectivity index (χ2n) is 3.39. The molecule has 0 radical (unpaired) electrons. The molecule has 0 saturated carbocycles. The number of carbonyl (C=O) groups is 1. The predicted octanol–water partition coefficient (Wildman–Crippen LogP) is 2.11. The highest BCUT2D eigenvalue weighted by molar-refractivity contribution is 6.04. The predicted molar refractivity (Wildman–Crippen MR) is 57.7 cm³/mol. The van der Waals surface area contributed by atoms with Gasteiger partial charge in [0, 0.05) is 11.1 Å². The maximum atomic E-state index is 12.9. The van der Waals surface area contributed by atoms with E-state index in [1.807, 2.05) is 6.92 Å². The molecule has 0 aliphatic heterocycles. The van der Waals surface area contributed by atoms with Crippen LogP contribution in [0.5, 0.6) is 0 Å². The monoisotopic (exact) mass is 219 g/mol. The number of hydrogen-bond donors (Lipinski definition) is 2. The molecule has 2 rings (SSSR count). The lowest BCUT2D eigenvalue weighted by Gasteiger charge is -2.03. The third-order valence-electron chi connectivity index (χ3n) is 2.15. The number of hydrogen-bond acceptors (Lipinski definition) is 2. The molecule has 0 unspecified atom stereocenters. The molecule has 0 bridgehead atoms. The van der Waals surface area contributed by atoms with E-state index >= 15 is 0 Å². The molecule has 0 spiro atoms. The fourth-order valence-electron chi connectivity index (χ4n) is 1.29. The van der Waals surface area contributed by atoms with Crippen LogP contribution < -0.4 is 5.32 Å². The Morgan fingerprint density at radius 2 is 2.31 bits per heavy atom. The molecular weight excluding hydrogens is 209 g/mol. The van der Waals surface area contributed by atoms with Crippen LogP contribution >= 0.6 is 0 Å². The Morgan fingerprint density at radius 3 is 2.94 bits per heavy atom. The van der Waals surface area contributed by atoms with Gasteiger partial charge in [0.25, 0.3) is 5.91 Å². The standard InChI is InChI=1S/C11H10FN3O/c1-7-6-13-15-10(7)14-11(16)8-3-2-4-9(12)5-8/h2-6H,1H3,(H2,13,14,15,16). The molecule has 82 valence electrons. The number of aromatic nitrogens is 2. The molecule has 1 aromatic carbocycles. The molecule has 16 heavy (non-hydrogen) atoms. The van der Waals surface area contributed by atoms with Gasteiger partial charge in [-0.05, 0) is 25.1 Å². The molecule has 0 atom stereocenters. The molecule has 1 heterocycles. The lowest BCUT2D eigenvalue weighted by Crippen LogP contribution is -2.13. The van der Waals surface area contributed by atoms with Crippen molar-refractivity contribution in [3.63, 3.8) is 0 Å². The quantitative estimate of drug-likeness (QED) is 0.812. The first-order valence-electron chi connectivity index (χ1n) is 4.73. The fourth-order valence-corrected chi connectivity index (χ4v) is 1.29. The number of halogens is 1. The van der Waals surface area contributed by atoms with Crippen molar-refractivity contribution >= 4 is 11.7 Å². The maximum absolute atomic E-state index is 12.9. The van der Waals surface area contributed by atoms with Gasteiger partial charge < -0.3 is 5.32 Å². The third-order valence-corrected chi connectivity index (χ3v) is 2.15. The minimum Gasteiger partial charge on any atom is -0.307 e. The number of nitrogens with one attached hydrogen (secondary N) is 2. The zero-order chi connectivity index (χ0) is 11.5. The lowest BCUT2D eigenvalue weighted by molar-refractivity contribution is 0.102. The Hall–Kier alpha value is -2.17. The van der Waals surface area contributed by atoms with Crippen molar-refractivity contribution in [1.82, 2.24) is 10.2 Å². The number of H-pyrrole nitrogens is 1. The van der Waals surface area contributed by atoms with Crippen molar-refractivity contribution < 1.29 is 9.18 Å². The van der Waals surface area contributed by atoms with E-state index < -0.39 is 5.82 Å². The SMILES string of the molecule is Cc1cn[nH]c1NC(=O)c1cccc(F)c1. The van der Waals surface area contributed by atoms with Gasteiger partial charge >= 0.3 is 0 Å². The van der Waals surface area contributed by atoms with Gasteiger partial charge in [-0.25, -0.2) is 4.39 Å². The summed E-state index contributed by atoms with van der Waals surface area (Å²) in [4.78, 5) is 11.7. The fraction of sp³-hybridized carbons (Fsp3) is 0.0909. The van der Waals surface area contributed by atoms with Gasteiger partial charge in [-0.3, -0.25) is 9.89 Å². The molecular formula is C11H10FN3O. The Balaban J connectivity index is 2.18. The Labute approximate surface area is 91.5 Å². The summed E-state index contributed by atoms with van der Waals surface area (Å²) in [6.45, 7) is 1.81. The van der Waals surface area contributed by atoms with Crippen LogP contribution in [0.15, 0.2) is 30.5 Å². The van der Waals surface area contributed by atoms with Crippen molar-refractivity contribution in [2.75, 3.05) is 5.32 Å². The van der Waals surface area contributed by atoms with E-state index in [1.165, 1.54) is 18.2 Å². The first-order chi connectivity index (χ1) is 7.66. The van der Waals surface area contributed by atoms with Crippen molar-refractivity contribution in [1.29, 1.82) is 0 Å². The highest BCUT2D eigenvalue weighted by atomic mass is 19.1. The van der Waals surface area contributed by atoms with Crippen LogP contribution in [0.1, 0.15) is 15.9 Å². The van der Waals surface area contributed by atoms with Gasteiger partial charge in [-0.2, -0.15) is 5.10 Å². The number of aromatic amines is 1. The summed E-state index contributed by atoms with van der Waals surface area (Å²) in [7, 11) is 0. The van der Waals surface area contributed by atoms with Gasteiger partial charge in [-0.15, -0.1) is 0 Å². The lowest BCUT2D eigenvalue weighted by atomic mass is 10.2. The zero-order valence-corrected chi connectivity index (χ0v) is 8.62. The number of rotatable bonds is 2. The van der Waals surface area contributed by atoms with Crippen LogP contribution in [0.3, 0.4) is 0 Å². The van der Waals surface area contributed by atoms with Gasteiger partial charge in [0.15, 0.2) is 0 Å². The highest BCUT2D eigenvalue weighted by Gasteiger charge is 2.09.